The summed E-state index contributed by atoms with van der Waals surface area (Å²) in [6.45, 7) is 8.80. The van der Waals surface area contributed by atoms with E-state index in [1.165, 1.54) is 30.4 Å². The fraction of sp³-hybridized carbons (Fsp3) is 0.667. The van der Waals surface area contributed by atoms with Gasteiger partial charge in [-0.15, -0.1) is 0 Å². The van der Waals surface area contributed by atoms with E-state index in [1.807, 2.05) is 6.92 Å². The van der Waals surface area contributed by atoms with Gasteiger partial charge in [0, 0.05) is 6.42 Å². The predicted molar refractivity (Wildman–Crippen MR) is 69.4 cm³/mol. The molecule has 0 radical (unpaired) electrons. The van der Waals surface area contributed by atoms with Crippen LogP contribution in [0.3, 0.4) is 0 Å². The second kappa shape index (κ2) is 5.47. The van der Waals surface area contributed by atoms with E-state index in [0.717, 1.165) is 6.42 Å². The van der Waals surface area contributed by atoms with Crippen molar-refractivity contribution in [3.8, 4) is 0 Å². The van der Waals surface area contributed by atoms with E-state index in [9.17, 15) is 4.79 Å². The number of carbonyl (C=O) groups excluding carboxylic acids is 1. The molecule has 0 saturated carbocycles. The maximum Gasteiger partial charge on any atom is 0.155 e. The van der Waals surface area contributed by atoms with E-state index < -0.39 is 0 Å². The molecule has 16 heavy (non-hydrogen) atoms. The molecule has 1 nitrogen and oxygen atoms in total. The third kappa shape index (κ3) is 3.33. The summed E-state index contributed by atoms with van der Waals surface area (Å²) in [4.78, 5) is 11.5. The summed E-state index contributed by atoms with van der Waals surface area (Å²) in [5.74, 6) is 0.254. The summed E-state index contributed by atoms with van der Waals surface area (Å²) in [7, 11) is 0. The monoisotopic (exact) mass is 220 g/mol. The van der Waals surface area contributed by atoms with Gasteiger partial charge >= 0.3 is 0 Å². The molecular formula is C15H24O. The van der Waals surface area contributed by atoms with Gasteiger partial charge in [0.25, 0.3) is 0 Å². The lowest BCUT2D eigenvalue weighted by atomic mass is 9.72. The van der Waals surface area contributed by atoms with E-state index >= 15 is 0 Å². The summed E-state index contributed by atoms with van der Waals surface area (Å²) < 4.78 is 0. The van der Waals surface area contributed by atoms with Gasteiger partial charge in [-0.3, -0.25) is 4.79 Å². The van der Waals surface area contributed by atoms with Crippen LogP contribution in [0, 0.1) is 5.41 Å². The Morgan fingerprint density at radius 1 is 1.44 bits per heavy atom. The largest absolute Gasteiger partial charge is 0.295 e. The van der Waals surface area contributed by atoms with Crippen LogP contribution in [0.4, 0.5) is 0 Å². The van der Waals surface area contributed by atoms with Crippen LogP contribution in [0.25, 0.3) is 0 Å². The number of ketones is 1. The second-order valence-electron chi connectivity index (χ2n) is 5.48. The standard InChI is InChI=1S/C15H24O/c1-5-7-13(16)9-10-14-12(2)8-6-11-15(14,3)4/h9-10H,5-8,11H2,1-4H3. The second-order valence-corrected chi connectivity index (χ2v) is 5.48. The molecule has 0 unspecified atom stereocenters. The van der Waals surface area contributed by atoms with E-state index in [0.29, 0.717) is 6.42 Å². The van der Waals surface area contributed by atoms with Gasteiger partial charge in [0.2, 0.25) is 0 Å². The maximum atomic E-state index is 11.5. The number of rotatable bonds is 4. The van der Waals surface area contributed by atoms with Crippen LogP contribution in [0.15, 0.2) is 23.3 Å². The first-order valence-electron chi connectivity index (χ1n) is 6.38. The van der Waals surface area contributed by atoms with Crippen LogP contribution >= 0.6 is 0 Å². The predicted octanol–water partition coefficient (Wildman–Crippen LogP) is 4.44. The molecule has 0 aliphatic heterocycles. The van der Waals surface area contributed by atoms with Crippen molar-refractivity contribution in [1.82, 2.24) is 0 Å². The Morgan fingerprint density at radius 2 is 2.12 bits per heavy atom. The zero-order valence-electron chi connectivity index (χ0n) is 11.1. The SMILES string of the molecule is CCCC(=O)C=CC1=C(C)CCCC1(C)C. The molecule has 0 aromatic heterocycles. The van der Waals surface area contributed by atoms with Crippen LogP contribution in [-0.2, 0) is 4.79 Å². The number of allylic oxidation sites excluding steroid dienone is 4. The fourth-order valence-corrected chi connectivity index (χ4v) is 2.52. The van der Waals surface area contributed by atoms with Gasteiger partial charge in [-0.25, -0.2) is 0 Å². The molecule has 1 rings (SSSR count). The lowest BCUT2D eigenvalue weighted by Gasteiger charge is -2.32. The third-order valence-corrected chi connectivity index (χ3v) is 3.47. The number of hydrogen-bond donors (Lipinski definition) is 0. The molecule has 0 N–H and O–H groups in total. The van der Waals surface area contributed by atoms with Crippen LogP contribution in [0.2, 0.25) is 0 Å². The molecule has 1 aliphatic rings. The lowest BCUT2D eigenvalue weighted by molar-refractivity contribution is -0.114. The molecule has 0 heterocycles. The summed E-state index contributed by atoms with van der Waals surface area (Å²) >= 11 is 0. The highest BCUT2D eigenvalue weighted by Crippen LogP contribution is 2.40. The smallest absolute Gasteiger partial charge is 0.155 e. The molecule has 0 aromatic rings. The Hall–Kier alpha value is -0.850. The molecular weight excluding hydrogens is 196 g/mol. The Labute approximate surface area is 99.6 Å². The molecule has 1 aliphatic carbocycles. The van der Waals surface area contributed by atoms with Crippen LogP contribution in [0.1, 0.15) is 59.8 Å². The maximum absolute atomic E-state index is 11.5. The average molecular weight is 220 g/mol. The molecule has 90 valence electrons. The van der Waals surface area contributed by atoms with Gasteiger partial charge in [0.15, 0.2) is 5.78 Å². The van der Waals surface area contributed by atoms with E-state index in [2.05, 4.69) is 26.8 Å². The first-order chi connectivity index (χ1) is 7.47. The van der Waals surface area contributed by atoms with Gasteiger partial charge in [-0.1, -0.05) is 32.4 Å². The Kier molecular flexibility index (Phi) is 4.52. The molecule has 0 amide bonds. The fourth-order valence-electron chi connectivity index (χ4n) is 2.52. The molecule has 0 spiro atoms. The zero-order valence-corrected chi connectivity index (χ0v) is 11.1. The molecule has 0 aromatic carbocycles. The van der Waals surface area contributed by atoms with Crippen molar-refractivity contribution in [3.63, 3.8) is 0 Å². The van der Waals surface area contributed by atoms with E-state index in [-0.39, 0.29) is 11.2 Å². The molecule has 0 fully saturated rings. The van der Waals surface area contributed by atoms with Gasteiger partial charge in [-0.05, 0) is 49.7 Å². The minimum atomic E-state index is 0.241. The normalized spacial score (nSPS) is 20.5. The van der Waals surface area contributed by atoms with Crippen molar-refractivity contribution >= 4 is 5.78 Å². The van der Waals surface area contributed by atoms with Crippen molar-refractivity contribution < 1.29 is 4.79 Å². The quantitative estimate of drug-likeness (QED) is 0.640. The summed E-state index contributed by atoms with van der Waals surface area (Å²) in [6, 6.07) is 0. The van der Waals surface area contributed by atoms with Crippen molar-refractivity contribution in [2.24, 2.45) is 5.41 Å². The van der Waals surface area contributed by atoms with Crippen LogP contribution in [-0.4, -0.2) is 5.78 Å². The minimum absolute atomic E-state index is 0.241. The van der Waals surface area contributed by atoms with Gasteiger partial charge in [0.05, 0.1) is 0 Å². The minimum Gasteiger partial charge on any atom is -0.295 e. The van der Waals surface area contributed by atoms with Gasteiger partial charge < -0.3 is 0 Å². The first-order valence-corrected chi connectivity index (χ1v) is 6.38. The zero-order chi connectivity index (χ0) is 12.2. The Bertz CT molecular complexity index is 318. The lowest BCUT2D eigenvalue weighted by Crippen LogP contribution is -2.19. The average Bonchev–Trinajstić information content (AvgIpc) is 2.16. The molecule has 0 atom stereocenters. The van der Waals surface area contributed by atoms with Crippen molar-refractivity contribution in [2.45, 2.75) is 59.8 Å². The van der Waals surface area contributed by atoms with E-state index in [1.54, 1.807) is 6.08 Å². The first kappa shape index (κ1) is 13.2. The summed E-state index contributed by atoms with van der Waals surface area (Å²) in [5.41, 5.74) is 3.07. The highest BCUT2D eigenvalue weighted by atomic mass is 16.1. The summed E-state index contributed by atoms with van der Waals surface area (Å²) in [5, 5.41) is 0. The third-order valence-electron chi connectivity index (χ3n) is 3.47. The van der Waals surface area contributed by atoms with Gasteiger partial charge in [-0.2, -0.15) is 0 Å². The van der Waals surface area contributed by atoms with Crippen molar-refractivity contribution in [1.29, 1.82) is 0 Å². The molecule has 1 heteroatoms. The Balaban J connectivity index is 2.81. The van der Waals surface area contributed by atoms with Crippen molar-refractivity contribution in [2.75, 3.05) is 0 Å². The highest BCUT2D eigenvalue weighted by molar-refractivity contribution is 5.90. The summed E-state index contributed by atoms with van der Waals surface area (Å²) in [6.07, 6.45) is 9.13. The number of carbonyl (C=O) groups is 1. The number of hydrogen-bond acceptors (Lipinski definition) is 1. The van der Waals surface area contributed by atoms with Crippen LogP contribution in [0.5, 0.6) is 0 Å². The molecule has 0 saturated heterocycles. The van der Waals surface area contributed by atoms with Crippen LogP contribution < -0.4 is 0 Å². The Morgan fingerprint density at radius 3 is 2.69 bits per heavy atom. The van der Waals surface area contributed by atoms with Crippen molar-refractivity contribution in [3.05, 3.63) is 23.3 Å². The van der Waals surface area contributed by atoms with E-state index in [4.69, 9.17) is 0 Å². The highest BCUT2D eigenvalue weighted by Gasteiger charge is 2.26. The topological polar surface area (TPSA) is 17.1 Å². The molecule has 0 bridgehead atoms. The van der Waals surface area contributed by atoms with Gasteiger partial charge in [0.1, 0.15) is 0 Å².